The number of benzene rings is 4. The maximum atomic E-state index is 12.5. The summed E-state index contributed by atoms with van der Waals surface area (Å²) < 4.78 is 80.9. The van der Waals surface area contributed by atoms with Gasteiger partial charge in [-0.25, -0.2) is 0 Å². The maximum absolute atomic E-state index is 12.5. The van der Waals surface area contributed by atoms with Crippen molar-refractivity contribution in [2.75, 3.05) is 120 Å². The normalized spacial score (nSPS) is 22.7. The van der Waals surface area contributed by atoms with E-state index < -0.39 is 28.8 Å². The molecule has 7 aliphatic rings. The van der Waals surface area contributed by atoms with Gasteiger partial charge in [-0.1, -0.05) is 86.0 Å². The van der Waals surface area contributed by atoms with Crippen molar-refractivity contribution in [3.05, 3.63) is 119 Å². The molecule has 16 nitrogen and oxygen atoms in total. The topological polar surface area (TPSA) is 203 Å². The summed E-state index contributed by atoms with van der Waals surface area (Å²) in [4.78, 5) is 0. The number of piperidine rings is 4. The number of alkyl halides is 3. The van der Waals surface area contributed by atoms with Crippen LogP contribution < -0.4 is 40.2 Å². The summed E-state index contributed by atoms with van der Waals surface area (Å²) in [6.07, 6.45) is 26.4. The minimum Gasteiger partial charge on any atom is -0.493 e. The average molecular weight is 1450 g/mol. The van der Waals surface area contributed by atoms with Crippen LogP contribution in [0.25, 0.3) is 0 Å². The van der Waals surface area contributed by atoms with E-state index in [1.165, 1.54) is 63.1 Å². The molecule has 103 heavy (non-hydrogen) atoms. The van der Waals surface area contributed by atoms with Crippen LogP contribution in [0.1, 0.15) is 215 Å². The predicted molar refractivity (Wildman–Crippen MR) is 402 cm³/mol. The van der Waals surface area contributed by atoms with Crippen molar-refractivity contribution in [3.63, 3.8) is 0 Å². The van der Waals surface area contributed by atoms with Gasteiger partial charge in [0.25, 0.3) is 0 Å². The van der Waals surface area contributed by atoms with Crippen LogP contribution in [0.4, 0.5) is 13.2 Å². The molecule has 3 saturated carbocycles. The van der Waals surface area contributed by atoms with Crippen molar-refractivity contribution >= 4 is 0 Å². The summed E-state index contributed by atoms with van der Waals surface area (Å²) in [7, 11) is 6.83. The molecule has 4 aromatic rings. The highest BCUT2D eigenvalue weighted by Gasteiger charge is 2.45. The molecule has 4 aliphatic heterocycles. The Bertz CT molecular complexity index is 2930. The van der Waals surface area contributed by atoms with Crippen LogP contribution in [-0.2, 0) is 41.4 Å². The number of methoxy groups -OCH3 is 4. The van der Waals surface area contributed by atoms with Crippen molar-refractivity contribution in [1.82, 2.24) is 21.3 Å². The number of halogens is 3. The van der Waals surface area contributed by atoms with E-state index in [-0.39, 0.29) is 29.4 Å². The molecule has 8 atom stereocenters. The second-order valence-electron chi connectivity index (χ2n) is 30.4. The molecule has 8 N–H and O–H groups in total. The Kier molecular flexibility index (Phi) is 36.4. The van der Waals surface area contributed by atoms with E-state index in [0.717, 1.165) is 260 Å². The van der Waals surface area contributed by atoms with Crippen LogP contribution in [0, 0.1) is 35.5 Å². The summed E-state index contributed by atoms with van der Waals surface area (Å²) in [6.45, 7) is 11.7. The fourth-order valence-electron chi connectivity index (χ4n) is 16.4. The van der Waals surface area contributed by atoms with E-state index in [9.17, 15) is 33.6 Å². The van der Waals surface area contributed by atoms with Crippen molar-refractivity contribution in [2.24, 2.45) is 35.5 Å². The monoisotopic (exact) mass is 1440 g/mol. The fraction of sp³-hybridized carbons (Fsp3) is 0.714. The lowest BCUT2D eigenvalue weighted by Gasteiger charge is -2.40. The first-order valence-corrected chi connectivity index (χ1v) is 39.8. The Balaban J connectivity index is 0.000000174. The first-order chi connectivity index (χ1) is 50.1. The van der Waals surface area contributed by atoms with Gasteiger partial charge >= 0.3 is 6.36 Å². The molecule has 0 amide bonds. The minimum atomic E-state index is -4.75. The van der Waals surface area contributed by atoms with Crippen molar-refractivity contribution in [3.8, 4) is 23.0 Å². The van der Waals surface area contributed by atoms with Crippen LogP contribution in [0.2, 0.25) is 0 Å². The first kappa shape index (κ1) is 84.0. The van der Waals surface area contributed by atoms with Crippen LogP contribution >= 0.6 is 0 Å². The zero-order valence-electron chi connectivity index (χ0n) is 63.1. The van der Waals surface area contributed by atoms with Gasteiger partial charge < -0.3 is 79.6 Å². The van der Waals surface area contributed by atoms with E-state index in [1.54, 1.807) is 34.5 Å². The van der Waals surface area contributed by atoms with E-state index in [1.807, 2.05) is 54.6 Å². The first-order valence-electron chi connectivity index (χ1n) is 39.8. The molecular weight excluding hydrogens is 1310 g/mol. The van der Waals surface area contributed by atoms with E-state index in [4.69, 9.17) is 33.2 Å². The number of unbranched alkanes of at least 4 members (excludes halogenated alkanes) is 4. The largest absolute Gasteiger partial charge is 0.573 e. The Labute approximate surface area is 615 Å². The van der Waals surface area contributed by atoms with Gasteiger partial charge in [0.05, 0.1) is 41.7 Å². The zero-order valence-corrected chi connectivity index (χ0v) is 63.1. The van der Waals surface area contributed by atoms with Gasteiger partial charge in [0, 0.05) is 121 Å². The van der Waals surface area contributed by atoms with Crippen LogP contribution in [0.15, 0.2) is 97.1 Å². The number of para-hydroxylation sites is 3. The number of hydrogen-bond donors (Lipinski definition) is 8. The Morgan fingerprint density at radius 1 is 0.388 bits per heavy atom. The van der Waals surface area contributed by atoms with Gasteiger partial charge in [-0.05, 0) is 247 Å². The van der Waals surface area contributed by atoms with Crippen LogP contribution in [-0.4, -0.2) is 153 Å². The second-order valence-corrected chi connectivity index (χ2v) is 30.4. The van der Waals surface area contributed by atoms with Gasteiger partial charge in [-0.15, -0.1) is 13.2 Å². The molecule has 4 heterocycles. The van der Waals surface area contributed by atoms with Gasteiger partial charge in [-0.2, -0.15) is 0 Å². The summed E-state index contributed by atoms with van der Waals surface area (Å²) >= 11 is 0. The summed E-state index contributed by atoms with van der Waals surface area (Å²) in [5.74, 6) is 4.51. The summed E-state index contributed by atoms with van der Waals surface area (Å²) in [6, 6.07) is 30.2. The quantitative estimate of drug-likeness (QED) is 0.0197. The molecular formula is C84H131F3N4O12. The van der Waals surface area contributed by atoms with Crippen LogP contribution in [0.5, 0.6) is 23.0 Å². The van der Waals surface area contributed by atoms with E-state index in [0.29, 0.717) is 37.2 Å². The van der Waals surface area contributed by atoms with Gasteiger partial charge in [0.15, 0.2) is 0 Å². The zero-order chi connectivity index (χ0) is 73.1. The number of nitrogens with one attached hydrogen (secondary N) is 4. The molecule has 4 saturated heterocycles. The average Bonchev–Trinajstić information content (AvgIpc) is 1.12. The third-order valence-corrected chi connectivity index (χ3v) is 22.9. The van der Waals surface area contributed by atoms with Gasteiger partial charge in [-0.3, -0.25) is 0 Å². The highest BCUT2D eigenvalue weighted by atomic mass is 19.4. The van der Waals surface area contributed by atoms with Gasteiger partial charge in [0.1, 0.15) is 23.0 Å². The fourth-order valence-corrected chi connectivity index (χ4v) is 16.4. The molecule has 19 heteroatoms. The summed E-state index contributed by atoms with van der Waals surface area (Å²) in [5, 5.41) is 60.7. The number of ether oxygens (including phenoxy) is 8. The molecule has 0 spiro atoms. The minimum absolute atomic E-state index is 0.0510. The molecule has 11 rings (SSSR count). The Morgan fingerprint density at radius 2 is 0.786 bits per heavy atom. The third kappa shape index (κ3) is 26.6. The standard InChI is InChI=1S/3C22H35NO3.C18H26F3NO3/c1-25-15-5-4-13-22(24,19-10-7-14-23-16-19)20-11-2-3-12-21(20)26-17-18-8-6-9-18;1-25-16-7-6-14-22(24,18-9-8-15-23-17-18)20-12-4-5-13-21(20)26-19-10-2-3-11-19;1-25-15-5-4-13-22(24,19-7-6-14-23-17-19)20-8-2-3-9-21(20)26-16-12-18-10-11-18;1-24-11-3-2-9-17(23,15-7-5-10-22-13-15)14-6-4-8-16(12-14)25-18(19,20)21/h2-3,11-12,18-19,23-24H,4-10,13-17H2,1H3;4-5,12-13,18-19,23-24H,2-3,6-11,14-17H2,1H3;2-3,8-9,18-19,23-24H,4-7,10-17H2,1H3;4,6,8,12,15,22-23H,2-3,5,7,9-11,13H2,1H3/t19-,22?;18-,22?;19-,22?;15-,17-/m1111/s1. The van der Waals surface area contributed by atoms with Crippen molar-refractivity contribution in [2.45, 2.75) is 227 Å². The third-order valence-electron chi connectivity index (χ3n) is 22.9. The smallest absolute Gasteiger partial charge is 0.493 e. The van der Waals surface area contributed by atoms with Crippen molar-refractivity contribution in [1.29, 1.82) is 0 Å². The molecule has 3 unspecified atom stereocenters. The number of rotatable bonds is 38. The highest BCUT2D eigenvalue weighted by molar-refractivity contribution is 5.41. The number of aliphatic hydroxyl groups is 4. The molecule has 0 aromatic heterocycles. The van der Waals surface area contributed by atoms with Crippen LogP contribution in [0.3, 0.4) is 0 Å². The molecule has 4 aromatic carbocycles. The number of hydrogen-bond acceptors (Lipinski definition) is 16. The second kappa shape index (κ2) is 44.6. The Hall–Kier alpha value is -4.61. The Morgan fingerprint density at radius 3 is 1.17 bits per heavy atom. The predicted octanol–water partition coefficient (Wildman–Crippen LogP) is 15.3. The lowest BCUT2D eigenvalue weighted by atomic mass is 9.74. The van der Waals surface area contributed by atoms with Crippen molar-refractivity contribution < 1.29 is 71.5 Å². The van der Waals surface area contributed by atoms with Gasteiger partial charge in [0.2, 0.25) is 0 Å². The van der Waals surface area contributed by atoms with E-state index in [2.05, 4.69) is 44.2 Å². The molecule has 0 bridgehead atoms. The SMILES string of the molecule is COCCCCC(O)(c1ccccc1OC1CCCC1)[C@@H]1CCCNC1.COCCCCC(O)(c1ccccc1OCC1CCC1)[C@@H]1CCCNC1.COCCCCC(O)(c1ccccc1OCCC1CC1)[C@@H]1CCCNC1.COCCCC[C@@](O)(c1cccc(OC(F)(F)F)c1)[C@@H]1CCCNC1. The molecule has 3 aliphatic carbocycles. The van der Waals surface area contributed by atoms with E-state index >= 15 is 0 Å². The highest BCUT2D eigenvalue weighted by Crippen LogP contribution is 2.47. The molecule has 0 radical (unpaired) electrons. The maximum Gasteiger partial charge on any atom is 0.573 e. The molecule has 7 fully saturated rings. The summed E-state index contributed by atoms with van der Waals surface area (Å²) in [5.41, 5.74) is -0.289. The lowest BCUT2D eigenvalue weighted by molar-refractivity contribution is -0.274. The lowest BCUT2D eigenvalue weighted by Crippen LogP contribution is -2.44. The molecule has 580 valence electrons.